The number of hydrogen-bond donors (Lipinski definition) is 0. The van der Waals surface area contributed by atoms with Crippen molar-refractivity contribution in [3.63, 3.8) is 0 Å². The topological polar surface area (TPSA) is 21.7 Å². The summed E-state index contributed by atoms with van der Waals surface area (Å²) in [6.45, 7) is 6.23. The number of halogens is 1. The molecular formula is C16H24BrNO2. The minimum atomic E-state index is 0.408. The highest BCUT2D eigenvalue weighted by Gasteiger charge is 2.20. The first kappa shape index (κ1) is 15.8. The Balaban J connectivity index is 1.90. The molecule has 0 radical (unpaired) electrons. The summed E-state index contributed by atoms with van der Waals surface area (Å²) in [6, 6.07) is 6.31. The molecule has 1 unspecified atom stereocenters. The standard InChI is InChI=1S/C16H24BrNO2/c1-3-9-20-14-5-4-8-18(12-14)11-13-6-7-16(19-2)15(17)10-13/h6-7,10,14H,3-5,8-9,11-12H2,1-2H3. The zero-order valence-corrected chi connectivity index (χ0v) is 14.0. The van der Waals surface area contributed by atoms with E-state index < -0.39 is 0 Å². The van der Waals surface area contributed by atoms with Crippen LogP contribution in [0.25, 0.3) is 0 Å². The first-order valence-corrected chi connectivity index (χ1v) is 8.18. The van der Waals surface area contributed by atoms with Crippen LogP contribution in [0.2, 0.25) is 0 Å². The lowest BCUT2D eigenvalue weighted by atomic mass is 10.1. The Morgan fingerprint density at radius 2 is 2.25 bits per heavy atom. The van der Waals surface area contributed by atoms with Crippen molar-refractivity contribution in [2.75, 3.05) is 26.8 Å². The molecule has 0 N–H and O–H groups in total. The average Bonchev–Trinajstić information content (AvgIpc) is 2.46. The molecule has 0 aliphatic carbocycles. The molecule has 0 saturated carbocycles. The smallest absolute Gasteiger partial charge is 0.133 e. The van der Waals surface area contributed by atoms with Crippen LogP contribution in [-0.4, -0.2) is 37.8 Å². The van der Waals surface area contributed by atoms with E-state index in [0.717, 1.165) is 42.9 Å². The maximum atomic E-state index is 5.89. The lowest BCUT2D eigenvalue weighted by molar-refractivity contribution is -0.00223. The van der Waals surface area contributed by atoms with Crippen LogP contribution in [0.3, 0.4) is 0 Å². The highest BCUT2D eigenvalue weighted by molar-refractivity contribution is 9.10. The van der Waals surface area contributed by atoms with Crippen molar-refractivity contribution in [2.24, 2.45) is 0 Å². The van der Waals surface area contributed by atoms with E-state index in [1.54, 1.807) is 7.11 Å². The molecule has 3 nitrogen and oxygen atoms in total. The molecule has 2 rings (SSSR count). The normalized spacial score (nSPS) is 20.1. The van der Waals surface area contributed by atoms with Crippen LogP contribution in [0, 0.1) is 0 Å². The predicted molar refractivity (Wildman–Crippen MR) is 85.2 cm³/mol. The fourth-order valence-corrected chi connectivity index (χ4v) is 3.23. The summed E-state index contributed by atoms with van der Waals surface area (Å²) in [4.78, 5) is 2.48. The van der Waals surface area contributed by atoms with E-state index in [-0.39, 0.29) is 0 Å². The number of piperidine rings is 1. The summed E-state index contributed by atoms with van der Waals surface area (Å²) in [5, 5.41) is 0. The third-order valence-corrected chi connectivity index (χ3v) is 4.26. The van der Waals surface area contributed by atoms with Gasteiger partial charge in [-0.3, -0.25) is 4.90 Å². The Labute approximate surface area is 130 Å². The number of likely N-dealkylation sites (tertiary alicyclic amines) is 1. The van der Waals surface area contributed by atoms with E-state index in [1.807, 2.05) is 6.07 Å². The van der Waals surface area contributed by atoms with E-state index in [9.17, 15) is 0 Å². The fraction of sp³-hybridized carbons (Fsp3) is 0.625. The highest BCUT2D eigenvalue weighted by Crippen LogP contribution is 2.26. The van der Waals surface area contributed by atoms with Crippen LogP contribution in [0.5, 0.6) is 5.75 Å². The molecule has 0 spiro atoms. The summed E-state index contributed by atoms with van der Waals surface area (Å²) < 4.78 is 12.2. The van der Waals surface area contributed by atoms with Gasteiger partial charge >= 0.3 is 0 Å². The summed E-state index contributed by atoms with van der Waals surface area (Å²) in [6.07, 6.45) is 3.93. The van der Waals surface area contributed by atoms with Crippen molar-refractivity contribution in [3.8, 4) is 5.75 Å². The maximum absolute atomic E-state index is 5.89. The van der Waals surface area contributed by atoms with E-state index >= 15 is 0 Å². The zero-order valence-electron chi connectivity index (χ0n) is 12.4. The largest absolute Gasteiger partial charge is 0.496 e. The molecule has 1 atom stereocenters. The van der Waals surface area contributed by atoms with Gasteiger partial charge in [-0.15, -0.1) is 0 Å². The van der Waals surface area contributed by atoms with Crippen molar-refractivity contribution in [3.05, 3.63) is 28.2 Å². The van der Waals surface area contributed by atoms with Crippen molar-refractivity contribution in [1.82, 2.24) is 4.90 Å². The van der Waals surface area contributed by atoms with Gasteiger partial charge in [0.15, 0.2) is 0 Å². The second-order valence-corrected chi connectivity index (χ2v) is 6.19. The molecule has 0 bridgehead atoms. The van der Waals surface area contributed by atoms with Crippen LogP contribution in [0.15, 0.2) is 22.7 Å². The molecule has 1 aliphatic rings. The maximum Gasteiger partial charge on any atom is 0.133 e. The lowest BCUT2D eigenvalue weighted by Gasteiger charge is -2.32. The average molecular weight is 342 g/mol. The number of nitrogens with zero attached hydrogens (tertiary/aromatic N) is 1. The molecule has 1 aliphatic heterocycles. The van der Waals surface area contributed by atoms with Crippen molar-refractivity contribution in [1.29, 1.82) is 0 Å². The SMILES string of the molecule is CCCOC1CCCN(Cc2ccc(OC)c(Br)c2)C1. The van der Waals surface area contributed by atoms with Gasteiger partial charge in [-0.05, 0) is 59.4 Å². The molecule has 0 aromatic heterocycles. The minimum Gasteiger partial charge on any atom is -0.496 e. The molecular weight excluding hydrogens is 318 g/mol. The third-order valence-electron chi connectivity index (χ3n) is 3.64. The molecule has 1 aromatic rings. The highest BCUT2D eigenvalue weighted by atomic mass is 79.9. The van der Waals surface area contributed by atoms with Crippen LogP contribution >= 0.6 is 15.9 Å². The molecule has 112 valence electrons. The second kappa shape index (κ2) is 8.01. The molecule has 1 heterocycles. The van der Waals surface area contributed by atoms with Crippen LogP contribution in [-0.2, 0) is 11.3 Å². The Bertz CT molecular complexity index is 425. The number of hydrogen-bond acceptors (Lipinski definition) is 3. The zero-order chi connectivity index (χ0) is 14.4. The molecule has 20 heavy (non-hydrogen) atoms. The van der Waals surface area contributed by atoms with Crippen molar-refractivity contribution in [2.45, 2.75) is 38.8 Å². The summed E-state index contributed by atoms with van der Waals surface area (Å²) in [5.41, 5.74) is 1.31. The molecule has 1 fully saturated rings. The molecule has 1 aromatic carbocycles. The number of rotatable bonds is 6. The first-order chi connectivity index (χ1) is 9.72. The second-order valence-electron chi connectivity index (χ2n) is 5.34. The van der Waals surface area contributed by atoms with Gasteiger partial charge in [-0.2, -0.15) is 0 Å². The molecule has 0 amide bonds. The Hall–Kier alpha value is -0.580. The minimum absolute atomic E-state index is 0.408. The van der Waals surface area contributed by atoms with Crippen LogP contribution in [0.4, 0.5) is 0 Å². The Kier molecular flexibility index (Phi) is 6.33. The van der Waals surface area contributed by atoms with Crippen molar-refractivity contribution >= 4 is 15.9 Å². The predicted octanol–water partition coefficient (Wildman–Crippen LogP) is 3.85. The van der Waals surface area contributed by atoms with Gasteiger partial charge in [0.2, 0.25) is 0 Å². The van der Waals surface area contributed by atoms with Gasteiger partial charge in [0.25, 0.3) is 0 Å². The number of methoxy groups -OCH3 is 1. The monoisotopic (exact) mass is 341 g/mol. The Morgan fingerprint density at radius 3 is 2.95 bits per heavy atom. The third kappa shape index (κ3) is 4.47. The quantitative estimate of drug-likeness (QED) is 0.784. The summed E-state index contributed by atoms with van der Waals surface area (Å²) in [5.74, 6) is 0.886. The number of ether oxygens (including phenoxy) is 2. The van der Waals surface area contributed by atoms with E-state index in [0.29, 0.717) is 6.10 Å². The van der Waals surface area contributed by atoms with Crippen molar-refractivity contribution < 1.29 is 9.47 Å². The Morgan fingerprint density at radius 1 is 1.40 bits per heavy atom. The van der Waals surface area contributed by atoms with Gasteiger partial charge in [-0.1, -0.05) is 13.0 Å². The molecule has 1 saturated heterocycles. The summed E-state index contributed by atoms with van der Waals surface area (Å²) >= 11 is 3.55. The van der Waals surface area contributed by atoms with Gasteiger partial charge in [0.05, 0.1) is 17.7 Å². The van der Waals surface area contributed by atoms with Gasteiger partial charge in [0, 0.05) is 19.7 Å². The summed E-state index contributed by atoms with van der Waals surface area (Å²) in [7, 11) is 1.69. The van der Waals surface area contributed by atoms with E-state index in [2.05, 4.69) is 39.9 Å². The van der Waals surface area contributed by atoms with E-state index in [1.165, 1.54) is 18.4 Å². The van der Waals surface area contributed by atoms with Gasteiger partial charge in [-0.25, -0.2) is 0 Å². The fourth-order valence-electron chi connectivity index (χ4n) is 2.64. The lowest BCUT2D eigenvalue weighted by Crippen LogP contribution is -2.39. The van der Waals surface area contributed by atoms with Crippen LogP contribution in [0.1, 0.15) is 31.7 Å². The number of benzene rings is 1. The van der Waals surface area contributed by atoms with Gasteiger partial charge in [0.1, 0.15) is 5.75 Å². The molecule has 4 heteroatoms. The van der Waals surface area contributed by atoms with E-state index in [4.69, 9.17) is 9.47 Å². The van der Waals surface area contributed by atoms with Crippen LogP contribution < -0.4 is 4.74 Å². The van der Waals surface area contributed by atoms with Gasteiger partial charge < -0.3 is 9.47 Å². The first-order valence-electron chi connectivity index (χ1n) is 7.39.